The van der Waals surface area contributed by atoms with Crippen LogP contribution in [0.3, 0.4) is 0 Å². The van der Waals surface area contributed by atoms with Gasteiger partial charge >= 0.3 is 5.63 Å². The molecule has 0 unspecified atom stereocenters. The summed E-state index contributed by atoms with van der Waals surface area (Å²) in [6, 6.07) is 6.76. The van der Waals surface area contributed by atoms with Crippen LogP contribution in [-0.2, 0) is 0 Å². The van der Waals surface area contributed by atoms with Crippen LogP contribution in [0.1, 0.15) is 10.4 Å². The molecule has 152 valence electrons. The zero-order chi connectivity index (χ0) is 21.3. The first-order valence-electron chi connectivity index (χ1n) is 8.13. The van der Waals surface area contributed by atoms with Crippen molar-refractivity contribution >= 4 is 80.9 Å². The third-order valence-electron chi connectivity index (χ3n) is 4.16. The molecule has 0 fully saturated rings. The van der Waals surface area contributed by atoms with Gasteiger partial charge in [-0.05, 0) is 18.2 Å². The first-order chi connectivity index (χ1) is 13.7. The molecule has 0 amide bonds. The minimum atomic E-state index is -0.684. The summed E-state index contributed by atoms with van der Waals surface area (Å²) in [6.07, 6.45) is 0.466. The molecule has 3 aromatic rings. The number of likely N-dealkylation sites (N-methyl/N-ethyl adjacent to an activating group) is 1. The summed E-state index contributed by atoms with van der Waals surface area (Å²) in [4.78, 5) is 24.5. The summed E-state index contributed by atoms with van der Waals surface area (Å²) >= 11 is 30.3. The Morgan fingerprint density at radius 1 is 1.00 bits per heavy atom. The van der Waals surface area contributed by atoms with Gasteiger partial charge in [-0.1, -0.05) is 58.0 Å². The standard InChI is InChI=1S/C19H12Cl5NO4/c1-25(4-5-28-18-16(23)14(21)13(20)15(22)17(18)24)11-3-2-9-6-10(8-26)19(27)29-12(9)7-11/h2-3,6-8H,4-5H2,1H3. The van der Waals surface area contributed by atoms with E-state index in [-0.39, 0.29) is 43.0 Å². The average Bonchev–Trinajstić information content (AvgIpc) is 2.72. The molecule has 1 heterocycles. The highest BCUT2D eigenvalue weighted by atomic mass is 35.5. The van der Waals surface area contributed by atoms with Crippen molar-refractivity contribution < 1.29 is 13.9 Å². The Bertz CT molecular complexity index is 1130. The van der Waals surface area contributed by atoms with Crippen LogP contribution in [-0.4, -0.2) is 26.5 Å². The summed E-state index contributed by atoms with van der Waals surface area (Å²) in [7, 11) is 1.83. The van der Waals surface area contributed by atoms with E-state index in [1.165, 1.54) is 6.07 Å². The zero-order valence-corrected chi connectivity index (χ0v) is 18.6. The van der Waals surface area contributed by atoms with Crippen molar-refractivity contribution in [1.82, 2.24) is 0 Å². The van der Waals surface area contributed by atoms with Gasteiger partial charge in [-0.25, -0.2) is 4.79 Å². The van der Waals surface area contributed by atoms with Crippen molar-refractivity contribution in [3.05, 3.63) is 65.4 Å². The van der Waals surface area contributed by atoms with E-state index in [1.807, 2.05) is 18.0 Å². The van der Waals surface area contributed by atoms with E-state index < -0.39 is 5.63 Å². The number of anilines is 1. The molecule has 0 N–H and O–H groups in total. The smallest absolute Gasteiger partial charge is 0.346 e. The highest BCUT2D eigenvalue weighted by Crippen LogP contribution is 2.48. The van der Waals surface area contributed by atoms with Gasteiger partial charge < -0.3 is 14.1 Å². The fourth-order valence-corrected chi connectivity index (χ4v) is 3.79. The number of hydrogen-bond acceptors (Lipinski definition) is 5. The minimum Gasteiger partial charge on any atom is -0.488 e. The van der Waals surface area contributed by atoms with E-state index in [0.717, 1.165) is 5.69 Å². The second kappa shape index (κ2) is 9.02. The summed E-state index contributed by atoms with van der Waals surface area (Å²) in [5.74, 6) is 0.145. The quantitative estimate of drug-likeness (QED) is 0.172. The van der Waals surface area contributed by atoms with Crippen LogP contribution >= 0.6 is 58.0 Å². The topological polar surface area (TPSA) is 59.8 Å². The maximum atomic E-state index is 11.7. The Hall–Kier alpha value is -1.63. The molecule has 0 saturated carbocycles. The first-order valence-corrected chi connectivity index (χ1v) is 10.0. The third kappa shape index (κ3) is 4.44. The minimum absolute atomic E-state index is 0.0268. The molecule has 0 saturated heterocycles. The lowest BCUT2D eigenvalue weighted by molar-refractivity contribution is 0.112. The maximum Gasteiger partial charge on any atom is 0.346 e. The van der Waals surface area contributed by atoms with E-state index in [4.69, 9.17) is 67.2 Å². The van der Waals surface area contributed by atoms with Crippen LogP contribution in [0.2, 0.25) is 25.1 Å². The van der Waals surface area contributed by atoms with Crippen LogP contribution in [0.4, 0.5) is 5.69 Å². The van der Waals surface area contributed by atoms with Crippen molar-refractivity contribution in [3.8, 4) is 5.75 Å². The van der Waals surface area contributed by atoms with Crippen molar-refractivity contribution in [2.24, 2.45) is 0 Å². The molecule has 0 aliphatic heterocycles. The number of nitrogens with zero attached hydrogens (tertiary/aromatic N) is 1. The molecule has 29 heavy (non-hydrogen) atoms. The summed E-state index contributed by atoms with van der Waals surface area (Å²) in [5.41, 5.74) is 0.429. The molecule has 5 nitrogen and oxygen atoms in total. The molecule has 10 heteroatoms. The monoisotopic (exact) mass is 493 g/mol. The average molecular weight is 496 g/mol. The number of ether oxygens (including phenoxy) is 1. The van der Waals surface area contributed by atoms with Crippen LogP contribution in [0.25, 0.3) is 11.0 Å². The van der Waals surface area contributed by atoms with Gasteiger partial charge in [-0.2, -0.15) is 0 Å². The number of fused-ring (bicyclic) bond motifs is 1. The lowest BCUT2D eigenvalue weighted by Gasteiger charge is -2.20. The number of aldehydes is 1. The maximum absolute atomic E-state index is 11.7. The summed E-state index contributed by atoms with van der Waals surface area (Å²) < 4.78 is 10.9. The Labute approximate surface area is 190 Å². The second-order valence-corrected chi connectivity index (χ2v) is 7.89. The molecule has 0 spiro atoms. The van der Waals surface area contributed by atoms with Gasteiger partial charge in [0.25, 0.3) is 0 Å². The van der Waals surface area contributed by atoms with E-state index in [2.05, 4.69) is 0 Å². The fraction of sp³-hybridized carbons (Fsp3) is 0.158. The Morgan fingerprint density at radius 2 is 1.62 bits per heavy atom. The lowest BCUT2D eigenvalue weighted by atomic mass is 10.1. The number of halogens is 5. The van der Waals surface area contributed by atoms with Crippen LogP contribution in [0.5, 0.6) is 5.75 Å². The van der Waals surface area contributed by atoms with Gasteiger partial charge in [-0.3, -0.25) is 4.79 Å². The van der Waals surface area contributed by atoms with Gasteiger partial charge in [0, 0.05) is 24.2 Å². The zero-order valence-electron chi connectivity index (χ0n) is 14.8. The Balaban J connectivity index is 1.76. The van der Waals surface area contributed by atoms with Crippen LogP contribution in [0.15, 0.2) is 33.5 Å². The number of carbonyl (C=O) groups excluding carboxylic acids is 1. The summed E-state index contributed by atoms with van der Waals surface area (Å²) in [6.45, 7) is 0.642. The van der Waals surface area contributed by atoms with E-state index >= 15 is 0 Å². The number of benzene rings is 2. The van der Waals surface area contributed by atoms with Crippen molar-refractivity contribution in [2.45, 2.75) is 0 Å². The van der Waals surface area contributed by atoms with Crippen molar-refractivity contribution in [3.63, 3.8) is 0 Å². The normalized spacial score (nSPS) is 11.0. The van der Waals surface area contributed by atoms with Gasteiger partial charge in [-0.15, -0.1) is 0 Å². The molecular weight excluding hydrogens is 483 g/mol. The van der Waals surface area contributed by atoms with Crippen LogP contribution < -0.4 is 15.3 Å². The van der Waals surface area contributed by atoms with Gasteiger partial charge in [0.2, 0.25) is 0 Å². The fourth-order valence-electron chi connectivity index (χ4n) is 2.56. The lowest BCUT2D eigenvalue weighted by Crippen LogP contribution is -2.23. The predicted octanol–water partition coefficient (Wildman–Crippen LogP) is 6.39. The molecule has 0 radical (unpaired) electrons. The van der Waals surface area contributed by atoms with Gasteiger partial charge in [0.1, 0.15) is 27.8 Å². The van der Waals surface area contributed by atoms with E-state index in [9.17, 15) is 9.59 Å². The SMILES string of the molecule is CN(CCOc1c(Cl)c(Cl)c(Cl)c(Cl)c1Cl)c1ccc2cc(C=O)c(=O)oc2c1. The summed E-state index contributed by atoms with van der Waals surface area (Å²) in [5, 5.41) is 0.974. The largest absolute Gasteiger partial charge is 0.488 e. The Kier molecular flexibility index (Phi) is 6.87. The van der Waals surface area contributed by atoms with Gasteiger partial charge in [0.15, 0.2) is 12.0 Å². The van der Waals surface area contributed by atoms with Gasteiger partial charge in [0.05, 0.1) is 21.6 Å². The molecule has 0 aliphatic rings. The van der Waals surface area contributed by atoms with Crippen molar-refractivity contribution in [2.75, 3.05) is 25.1 Å². The number of rotatable bonds is 6. The molecular formula is C19H12Cl5NO4. The third-order valence-corrected chi connectivity index (χ3v) is 6.40. The van der Waals surface area contributed by atoms with Crippen LogP contribution in [0, 0.1) is 0 Å². The highest BCUT2D eigenvalue weighted by Gasteiger charge is 2.20. The molecule has 0 aliphatic carbocycles. The van der Waals surface area contributed by atoms with E-state index in [0.29, 0.717) is 23.8 Å². The molecule has 0 bridgehead atoms. The number of carbonyl (C=O) groups is 1. The molecule has 2 aromatic carbocycles. The first kappa shape index (κ1) is 22.1. The molecule has 1 aromatic heterocycles. The highest BCUT2D eigenvalue weighted by molar-refractivity contribution is 6.55. The van der Waals surface area contributed by atoms with Crippen molar-refractivity contribution in [1.29, 1.82) is 0 Å². The van der Waals surface area contributed by atoms with E-state index in [1.54, 1.807) is 12.1 Å². The second-order valence-electron chi connectivity index (χ2n) is 6.00. The molecule has 0 atom stereocenters. The molecule has 3 rings (SSSR count). The Morgan fingerprint density at radius 3 is 2.24 bits per heavy atom. The number of hydrogen-bond donors (Lipinski definition) is 0. The predicted molar refractivity (Wildman–Crippen MR) is 118 cm³/mol.